The Balaban J connectivity index is 1.46. The van der Waals surface area contributed by atoms with Crippen molar-refractivity contribution in [2.24, 2.45) is 11.3 Å². The number of pyridine rings is 1. The fraction of sp³-hybridized carbons (Fsp3) is 0.174. The molecule has 1 saturated carbocycles. The number of anilines is 2. The lowest BCUT2D eigenvalue weighted by molar-refractivity contribution is -0.126. The average molecular weight is 456 g/mol. The van der Waals surface area contributed by atoms with Gasteiger partial charge < -0.3 is 15.7 Å². The Hall–Kier alpha value is -3.49. The molecule has 1 aliphatic rings. The number of carbonyl (C=O) groups is 2. The van der Waals surface area contributed by atoms with Gasteiger partial charge >= 0.3 is 0 Å². The highest BCUT2D eigenvalue weighted by Crippen LogP contribution is 2.53. The Morgan fingerprint density at radius 1 is 1.12 bits per heavy atom. The molecule has 32 heavy (non-hydrogen) atoms. The molecule has 0 spiro atoms. The van der Waals surface area contributed by atoms with Crippen molar-refractivity contribution in [2.75, 3.05) is 17.2 Å². The Bertz CT molecular complexity index is 1240. The number of benzene rings is 2. The Morgan fingerprint density at radius 2 is 1.88 bits per heavy atom. The van der Waals surface area contributed by atoms with Crippen LogP contribution in [0.4, 0.5) is 15.8 Å². The van der Waals surface area contributed by atoms with Gasteiger partial charge in [-0.1, -0.05) is 17.7 Å². The maximum atomic E-state index is 14.6. The molecule has 3 aromatic rings. The molecule has 0 aliphatic heterocycles. The van der Waals surface area contributed by atoms with Crippen molar-refractivity contribution in [3.63, 3.8) is 0 Å². The number of hydrogen-bond donors (Lipinski definition) is 3. The average Bonchev–Trinajstić information content (AvgIpc) is 3.54. The third-order valence-corrected chi connectivity index (χ3v) is 5.79. The lowest BCUT2D eigenvalue weighted by atomic mass is 10.0. The first-order valence-electron chi connectivity index (χ1n) is 9.80. The van der Waals surface area contributed by atoms with Crippen LogP contribution >= 0.6 is 11.6 Å². The summed E-state index contributed by atoms with van der Waals surface area (Å²) in [5.74, 6) is -2.61. The fourth-order valence-electron chi connectivity index (χ4n) is 3.55. The summed E-state index contributed by atoms with van der Waals surface area (Å²) in [4.78, 5) is 37.3. The Kier molecular flexibility index (Phi) is 5.82. The molecule has 1 aromatic heterocycles. The lowest BCUT2D eigenvalue weighted by Crippen LogP contribution is -2.32. The van der Waals surface area contributed by atoms with E-state index in [0.29, 0.717) is 16.4 Å². The number of aliphatic hydroxyl groups is 1. The number of nitrogens with zero attached hydrogens (tertiary/aromatic N) is 1. The monoisotopic (exact) mass is 455 g/mol. The Labute approximate surface area is 187 Å². The number of aromatic nitrogens is 1. The first kappa shape index (κ1) is 21.7. The van der Waals surface area contributed by atoms with Crippen LogP contribution in [0.1, 0.15) is 6.42 Å². The van der Waals surface area contributed by atoms with Gasteiger partial charge in [0.1, 0.15) is 5.82 Å². The van der Waals surface area contributed by atoms with Crippen molar-refractivity contribution in [1.82, 2.24) is 4.57 Å². The summed E-state index contributed by atoms with van der Waals surface area (Å²) in [7, 11) is 0. The summed E-state index contributed by atoms with van der Waals surface area (Å²) in [5.41, 5.74) is -0.890. The SMILES string of the molecule is O=C(Nc1ccc(-n2ccccc2=O)cc1F)C1CC1(CO)C(=O)Nc1ccc(Cl)cc1. The second kappa shape index (κ2) is 8.57. The van der Waals surface area contributed by atoms with Crippen LogP contribution in [0.5, 0.6) is 0 Å². The second-order valence-electron chi connectivity index (χ2n) is 7.59. The van der Waals surface area contributed by atoms with Gasteiger partial charge in [-0.15, -0.1) is 0 Å². The number of amides is 2. The molecule has 1 heterocycles. The summed E-state index contributed by atoms with van der Waals surface area (Å²) in [5, 5.41) is 15.5. The lowest BCUT2D eigenvalue weighted by Gasteiger charge is -2.15. The van der Waals surface area contributed by atoms with Gasteiger partial charge in [0.15, 0.2) is 0 Å². The number of rotatable bonds is 6. The summed E-state index contributed by atoms with van der Waals surface area (Å²) >= 11 is 5.83. The van der Waals surface area contributed by atoms with E-state index in [1.165, 1.54) is 29.0 Å². The van der Waals surface area contributed by atoms with Crippen molar-refractivity contribution < 1.29 is 19.1 Å². The van der Waals surface area contributed by atoms with Gasteiger partial charge in [0, 0.05) is 29.0 Å². The van der Waals surface area contributed by atoms with Crippen LogP contribution in [0.2, 0.25) is 5.02 Å². The zero-order chi connectivity index (χ0) is 22.9. The van der Waals surface area contributed by atoms with Crippen molar-refractivity contribution in [3.8, 4) is 5.69 Å². The van der Waals surface area contributed by atoms with Crippen LogP contribution in [0, 0.1) is 17.2 Å². The number of aliphatic hydroxyl groups excluding tert-OH is 1. The van der Waals surface area contributed by atoms with Crippen molar-refractivity contribution >= 4 is 34.8 Å². The third-order valence-electron chi connectivity index (χ3n) is 5.54. The zero-order valence-corrected chi connectivity index (χ0v) is 17.5. The minimum absolute atomic E-state index is 0.0837. The second-order valence-corrected chi connectivity index (χ2v) is 8.03. The predicted octanol–water partition coefficient (Wildman–Crippen LogP) is 3.21. The molecule has 2 aromatic carbocycles. The van der Waals surface area contributed by atoms with Gasteiger partial charge in [0.2, 0.25) is 11.8 Å². The molecule has 2 amide bonds. The third kappa shape index (κ3) is 4.15. The van der Waals surface area contributed by atoms with Crippen LogP contribution < -0.4 is 16.2 Å². The van der Waals surface area contributed by atoms with Crippen molar-refractivity contribution in [2.45, 2.75) is 6.42 Å². The largest absolute Gasteiger partial charge is 0.395 e. The van der Waals surface area contributed by atoms with E-state index in [1.807, 2.05) is 0 Å². The zero-order valence-electron chi connectivity index (χ0n) is 16.7. The van der Waals surface area contributed by atoms with Crippen LogP contribution in [0.3, 0.4) is 0 Å². The quantitative estimate of drug-likeness (QED) is 0.531. The smallest absolute Gasteiger partial charge is 0.255 e. The van der Waals surface area contributed by atoms with Crippen LogP contribution in [0.15, 0.2) is 71.7 Å². The van der Waals surface area contributed by atoms with Crippen LogP contribution in [-0.2, 0) is 9.59 Å². The highest BCUT2D eigenvalue weighted by Gasteiger charge is 2.63. The Morgan fingerprint density at radius 3 is 2.53 bits per heavy atom. The number of carbonyl (C=O) groups excluding carboxylic acids is 2. The van der Waals surface area contributed by atoms with E-state index in [2.05, 4.69) is 10.6 Å². The highest BCUT2D eigenvalue weighted by atomic mass is 35.5. The number of hydrogen-bond acceptors (Lipinski definition) is 4. The van der Waals surface area contributed by atoms with Crippen molar-refractivity contribution in [1.29, 1.82) is 0 Å². The van der Waals surface area contributed by atoms with Crippen LogP contribution in [0.25, 0.3) is 5.69 Å². The summed E-state index contributed by atoms with van der Waals surface area (Å²) < 4.78 is 15.9. The van der Waals surface area contributed by atoms with Gasteiger partial charge in [-0.25, -0.2) is 4.39 Å². The van der Waals surface area contributed by atoms with E-state index in [9.17, 15) is 23.9 Å². The van der Waals surface area contributed by atoms with Gasteiger partial charge in [-0.3, -0.25) is 19.0 Å². The molecular formula is C23H19ClFN3O4. The molecule has 1 fully saturated rings. The predicted molar refractivity (Wildman–Crippen MR) is 118 cm³/mol. The molecule has 3 N–H and O–H groups in total. The minimum atomic E-state index is -1.28. The highest BCUT2D eigenvalue weighted by molar-refractivity contribution is 6.30. The van der Waals surface area contributed by atoms with E-state index >= 15 is 0 Å². The molecule has 0 radical (unpaired) electrons. The first-order chi connectivity index (χ1) is 15.3. The molecule has 0 bridgehead atoms. The van der Waals surface area contributed by atoms with E-state index in [0.717, 1.165) is 6.07 Å². The van der Waals surface area contributed by atoms with Crippen LogP contribution in [-0.4, -0.2) is 28.1 Å². The van der Waals surface area contributed by atoms with E-state index < -0.39 is 35.6 Å². The molecule has 0 saturated heterocycles. The fourth-order valence-corrected chi connectivity index (χ4v) is 3.68. The molecule has 2 atom stereocenters. The molecule has 7 nitrogen and oxygen atoms in total. The summed E-state index contributed by atoms with van der Waals surface area (Å²) in [6.45, 7) is -0.525. The summed E-state index contributed by atoms with van der Waals surface area (Å²) in [6, 6.07) is 15.0. The maximum absolute atomic E-state index is 14.6. The van der Waals surface area contributed by atoms with Gasteiger partial charge in [-0.05, 0) is 48.9 Å². The van der Waals surface area contributed by atoms with E-state index in [1.54, 1.807) is 36.4 Å². The van der Waals surface area contributed by atoms with Crippen molar-refractivity contribution in [3.05, 3.63) is 88.1 Å². The maximum Gasteiger partial charge on any atom is 0.255 e. The van der Waals surface area contributed by atoms with Gasteiger partial charge in [0.25, 0.3) is 5.56 Å². The molecule has 164 valence electrons. The molecule has 9 heteroatoms. The standard InChI is InChI=1S/C23H19ClFN3O4/c24-14-4-6-15(7-5-14)26-22(32)23(13-29)12-17(23)21(31)27-19-9-8-16(11-18(19)25)28-10-2-1-3-20(28)30/h1-11,17,29H,12-13H2,(H,26,32)(H,27,31). The molecule has 4 rings (SSSR count). The topological polar surface area (TPSA) is 100 Å². The molecule has 1 aliphatic carbocycles. The van der Waals surface area contributed by atoms with E-state index in [-0.39, 0.29) is 17.7 Å². The number of nitrogens with one attached hydrogen (secondary N) is 2. The van der Waals surface area contributed by atoms with E-state index in [4.69, 9.17) is 11.6 Å². The first-order valence-corrected chi connectivity index (χ1v) is 10.2. The summed E-state index contributed by atoms with van der Waals surface area (Å²) in [6.07, 6.45) is 1.64. The molecule has 2 unspecified atom stereocenters. The van der Waals surface area contributed by atoms with Gasteiger partial charge in [0.05, 0.1) is 29.3 Å². The van der Waals surface area contributed by atoms with Gasteiger partial charge in [-0.2, -0.15) is 0 Å². The molecular weight excluding hydrogens is 437 g/mol. The minimum Gasteiger partial charge on any atom is -0.395 e. The normalized spacial score (nSPS) is 19.3. The number of halogens is 2.